The van der Waals surface area contributed by atoms with Gasteiger partial charge in [-0.25, -0.2) is 0 Å². The molecule has 1 aromatic rings. The van der Waals surface area contributed by atoms with E-state index in [2.05, 4.69) is 23.4 Å². The first-order valence-electron chi connectivity index (χ1n) is 6.01. The number of hydrogen-bond acceptors (Lipinski definition) is 3. The standard InChI is InChI=1S/C14H17ClN2O/c1-3-14(18)12-10-11(15)4-5-13(12)17-8-6-16(2)7-9-17/h3-5,10H,1,6-9H2,2H3. The highest BCUT2D eigenvalue weighted by molar-refractivity contribution is 6.31. The summed E-state index contributed by atoms with van der Waals surface area (Å²) in [6.07, 6.45) is 1.34. The number of likely N-dealkylation sites (N-methyl/N-ethyl adjacent to an activating group) is 1. The van der Waals surface area contributed by atoms with Crippen LogP contribution < -0.4 is 4.90 Å². The van der Waals surface area contributed by atoms with Crippen LogP contribution in [0.25, 0.3) is 0 Å². The summed E-state index contributed by atoms with van der Waals surface area (Å²) in [6, 6.07) is 5.47. The molecule has 18 heavy (non-hydrogen) atoms. The fourth-order valence-corrected chi connectivity index (χ4v) is 2.31. The van der Waals surface area contributed by atoms with Gasteiger partial charge >= 0.3 is 0 Å². The van der Waals surface area contributed by atoms with E-state index in [4.69, 9.17) is 11.6 Å². The van der Waals surface area contributed by atoms with E-state index < -0.39 is 0 Å². The zero-order valence-electron chi connectivity index (χ0n) is 10.5. The van der Waals surface area contributed by atoms with Crippen molar-refractivity contribution in [2.45, 2.75) is 0 Å². The third-order valence-electron chi connectivity index (χ3n) is 3.25. The normalized spacial score (nSPS) is 16.7. The van der Waals surface area contributed by atoms with Crippen molar-refractivity contribution in [3.63, 3.8) is 0 Å². The first-order chi connectivity index (χ1) is 8.61. The molecule has 1 aromatic carbocycles. The quantitative estimate of drug-likeness (QED) is 0.619. The number of carbonyl (C=O) groups is 1. The second kappa shape index (κ2) is 5.55. The Morgan fingerprint density at radius 2 is 2.00 bits per heavy atom. The molecule has 0 aliphatic carbocycles. The van der Waals surface area contributed by atoms with Crippen LogP contribution in [0.5, 0.6) is 0 Å². The van der Waals surface area contributed by atoms with Crippen LogP contribution in [0.1, 0.15) is 10.4 Å². The van der Waals surface area contributed by atoms with Gasteiger partial charge in [-0.15, -0.1) is 0 Å². The van der Waals surface area contributed by atoms with Gasteiger partial charge in [0.1, 0.15) is 0 Å². The van der Waals surface area contributed by atoms with E-state index >= 15 is 0 Å². The third-order valence-corrected chi connectivity index (χ3v) is 3.49. The number of halogens is 1. The van der Waals surface area contributed by atoms with Crippen LogP contribution >= 0.6 is 11.6 Å². The molecule has 1 heterocycles. The van der Waals surface area contributed by atoms with E-state index in [9.17, 15) is 4.79 Å². The van der Waals surface area contributed by atoms with E-state index in [0.29, 0.717) is 10.6 Å². The minimum absolute atomic E-state index is 0.0774. The van der Waals surface area contributed by atoms with Crippen molar-refractivity contribution in [1.29, 1.82) is 0 Å². The molecule has 1 aliphatic heterocycles. The predicted octanol–water partition coefficient (Wildman–Crippen LogP) is 2.46. The lowest BCUT2D eigenvalue weighted by Gasteiger charge is -2.35. The summed E-state index contributed by atoms with van der Waals surface area (Å²) in [5, 5.41) is 0.582. The van der Waals surface area contributed by atoms with E-state index in [-0.39, 0.29) is 5.78 Å². The van der Waals surface area contributed by atoms with Crippen molar-refractivity contribution in [3.05, 3.63) is 41.4 Å². The molecule has 0 amide bonds. The molecule has 1 aliphatic rings. The average molecular weight is 265 g/mol. The molecule has 0 radical (unpaired) electrons. The van der Waals surface area contributed by atoms with Gasteiger partial charge in [0.2, 0.25) is 0 Å². The minimum atomic E-state index is -0.0774. The van der Waals surface area contributed by atoms with Gasteiger partial charge in [0.15, 0.2) is 5.78 Å². The second-order valence-corrected chi connectivity index (χ2v) is 4.96. The topological polar surface area (TPSA) is 23.6 Å². The van der Waals surface area contributed by atoms with Gasteiger partial charge < -0.3 is 9.80 Å². The summed E-state index contributed by atoms with van der Waals surface area (Å²) in [4.78, 5) is 16.4. The number of nitrogens with zero attached hydrogens (tertiary/aromatic N) is 2. The number of allylic oxidation sites excluding steroid dienone is 1. The highest BCUT2D eigenvalue weighted by atomic mass is 35.5. The van der Waals surface area contributed by atoms with Gasteiger partial charge in [-0.3, -0.25) is 4.79 Å². The van der Waals surface area contributed by atoms with Crippen LogP contribution in [0, 0.1) is 0 Å². The summed E-state index contributed by atoms with van der Waals surface area (Å²) >= 11 is 5.97. The number of anilines is 1. The zero-order chi connectivity index (χ0) is 13.1. The summed E-state index contributed by atoms with van der Waals surface area (Å²) < 4.78 is 0. The van der Waals surface area contributed by atoms with Crippen LogP contribution in [0.4, 0.5) is 5.69 Å². The molecule has 96 valence electrons. The molecule has 0 bridgehead atoms. The van der Waals surface area contributed by atoms with Crippen molar-refractivity contribution >= 4 is 23.1 Å². The van der Waals surface area contributed by atoms with Gasteiger partial charge in [0.05, 0.1) is 0 Å². The molecule has 0 saturated carbocycles. The first-order valence-corrected chi connectivity index (χ1v) is 6.39. The monoisotopic (exact) mass is 264 g/mol. The predicted molar refractivity (Wildman–Crippen MR) is 75.7 cm³/mol. The molecule has 0 aromatic heterocycles. The van der Waals surface area contributed by atoms with Gasteiger partial charge in [-0.1, -0.05) is 18.2 Å². The smallest absolute Gasteiger partial charge is 0.187 e. The molecular formula is C14H17ClN2O. The molecule has 3 nitrogen and oxygen atoms in total. The number of hydrogen-bond donors (Lipinski definition) is 0. The van der Waals surface area contributed by atoms with Gasteiger partial charge in [0.25, 0.3) is 0 Å². The maximum atomic E-state index is 11.9. The maximum absolute atomic E-state index is 11.9. The molecule has 1 saturated heterocycles. The summed E-state index contributed by atoms with van der Waals surface area (Å²) in [5.74, 6) is -0.0774. The van der Waals surface area contributed by atoms with Crippen molar-refractivity contribution in [1.82, 2.24) is 4.90 Å². The second-order valence-electron chi connectivity index (χ2n) is 4.52. The summed E-state index contributed by atoms with van der Waals surface area (Å²) in [7, 11) is 2.11. The lowest BCUT2D eigenvalue weighted by Crippen LogP contribution is -2.44. The van der Waals surface area contributed by atoms with Crippen LogP contribution in [-0.2, 0) is 0 Å². The van der Waals surface area contributed by atoms with Gasteiger partial charge in [-0.05, 0) is 31.3 Å². The lowest BCUT2D eigenvalue weighted by molar-refractivity contribution is 0.104. The Kier molecular flexibility index (Phi) is 4.04. The van der Waals surface area contributed by atoms with Crippen LogP contribution in [0.3, 0.4) is 0 Å². The van der Waals surface area contributed by atoms with Crippen LogP contribution in [-0.4, -0.2) is 43.9 Å². The van der Waals surface area contributed by atoms with E-state index in [1.54, 1.807) is 6.07 Å². The Hall–Kier alpha value is -1.32. The number of piperazine rings is 1. The van der Waals surface area contributed by atoms with Crippen molar-refractivity contribution in [2.24, 2.45) is 0 Å². The highest BCUT2D eigenvalue weighted by Gasteiger charge is 2.19. The Bertz CT molecular complexity index is 465. The Morgan fingerprint density at radius 1 is 1.33 bits per heavy atom. The number of rotatable bonds is 3. The van der Waals surface area contributed by atoms with E-state index in [1.807, 2.05) is 12.1 Å². The number of benzene rings is 1. The molecule has 0 atom stereocenters. The van der Waals surface area contributed by atoms with Crippen molar-refractivity contribution in [2.75, 3.05) is 38.1 Å². The molecule has 4 heteroatoms. The molecule has 0 unspecified atom stereocenters. The van der Waals surface area contributed by atoms with Crippen LogP contribution in [0.15, 0.2) is 30.9 Å². The van der Waals surface area contributed by atoms with Gasteiger partial charge in [-0.2, -0.15) is 0 Å². The molecule has 2 rings (SSSR count). The summed E-state index contributed by atoms with van der Waals surface area (Å²) in [6.45, 7) is 7.41. The lowest BCUT2D eigenvalue weighted by atomic mass is 10.1. The SMILES string of the molecule is C=CC(=O)c1cc(Cl)ccc1N1CCN(C)CC1. The third kappa shape index (κ3) is 2.74. The van der Waals surface area contributed by atoms with Gasteiger partial charge in [0, 0.05) is 42.5 Å². The highest BCUT2D eigenvalue weighted by Crippen LogP contribution is 2.26. The Balaban J connectivity index is 2.32. The largest absolute Gasteiger partial charge is 0.368 e. The molecule has 0 spiro atoms. The maximum Gasteiger partial charge on any atom is 0.187 e. The fourth-order valence-electron chi connectivity index (χ4n) is 2.14. The van der Waals surface area contributed by atoms with E-state index in [0.717, 1.165) is 31.9 Å². The van der Waals surface area contributed by atoms with Crippen molar-refractivity contribution < 1.29 is 4.79 Å². The summed E-state index contributed by atoms with van der Waals surface area (Å²) in [5.41, 5.74) is 1.60. The molecule has 1 fully saturated rings. The number of carbonyl (C=O) groups excluding carboxylic acids is 1. The minimum Gasteiger partial charge on any atom is -0.368 e. The average Bonchev–Trinajstić information content (AvgIpc) is 2.39. The van der Waals surface area contributed by atoms with Crippen LogP contribution in [0.2, 0.25) is 5.02 Å². The fraction of sp³-hybridized carbons (Fsp3) is 0.357. The molecular weight excluding hydrogens is 248 g/mol. The number of ketones is 1. The Labute approximate surface area is 113 Å². The molecule has 0 N–H and O–H groups in total. The zero-order valence-corrected chi connectivity index (χ0v) is 11.3. The van der Waals surface area contributed by atoms with Crippen molar-refractivity contribution in [3.8, 4) is 0 Å². The Morgan fingerprint density at radius 3 is 2.61 bits per heavy atom. The first kappa shape index (κ1) is 13.1. The van der Waals surface area contributed by atoms with E-state index in [1.165, 1.54) is 6.08 Å².